The molecule has 0 unspecified atom stereocenters. The van der Waals surface area contributed by atoms with E-state index < -0.39 is 0 Å². The van der Waals surface area contributed by atoms with E-state index in [1.165, 1.54) is 30.4 Å². The first-order valence-corrected chi connectivity index (χ1v) is 7.54. The van der Waals surface area contributed by atoms with E-state index in [0.717, 1.165) is 24.4 Å². The monoisotopic (exact) mass is 265 g/mol. The van der Waals surface area contributed by atoms with Crippen molar-refractivity contribution in [1.82, 2.24) is 0 Å². The van der Waals surface area contributed by atoms with Gasteiger partial charge in [-0.2, -0.15) is 0 Å². The molecule has 2 N–H and O–H groups in total. The van der Waals surface area contributed by atoms with Crippen LogP contribution in [-0.4, -0.2) is 6.54 Å². The highest BCUT2D eigenvalue weighted by Gasteiger charge is 2.37. The average molecular weight is 266 g/mol. The smallest absolute Gasteiger partial charge is 0.0443 e. The number of halogens is 1. The summed E-state index contributed by atoms with van der Waals surface area (Å²) in [6.07, 6.45) is 6.02. The van der Waals surface area contributed by atoms with E-state index in [-0.39, 0.29) is 5.41 Å². The molecular formula is C16H24ClN. The van der Waals surface area contributed by atoms with Crippen molar-refractivity contribution in [1.29, 1.82) is 0 Å². The number of benzene rings is 1. The molecule has 1 aliphatic carbocycles. The molecule has 0 radical (unpaired) electrons. The summed E-state index contributed by atoms with van der Waals surface area (Å²) in [4.78, 5) is 0. The topological polar surface area (TPSA) is 26.0 Å². The molecule has 1 saturated carbocycles. The van der Waals surface area contributed by atoms with Crippen LogP contribution in [0.3, 0.4) is 0 Å². The van der Waals surface area contributed by atoms with Gasteiger partial charge in [0.05, 0.1) is 0 Å². The van der Waals surface area contributed by atoms with Gasteiger partial charge in [0.15, 0.2) is 0 Å². The molecule has 0 aromatic heterocycles. The van der Waals surface area contributed by atoms with Gasteiger partial charge in [-0.1, -0.05) is 44.0 Å². The molecule has 1 aromatic rings. The van der Waals surface area contributed by atoms with Crippen LogP contribution in [0.15, 0.2) is 18.2 Å². The van der Waals surface area contributed by atoms with Gasteiger partial charge in [0, 0.05) is 17.0 Å². The first-order valence-electron chi connectivity index (χ1n) is 7.17. The molecule has 18 heavy (non-hydrogen) atoms. The molecule has 0 spiro atoms. The van der Waals surface area contributed by atoms with Crippen molar-refractivity contribution in [2.24, 2.45) is 5.73 Å². The standard InChI is InChI=1S/C16H24ClN/c1-3-12(4-2)14-7-6-13(10-15(14)17)16(11-18)8-5-9-16/h6-7,10,12H,3-5,8-9,11,18H2,1-2H3. The molecule has 0 bridgehead atoms. The zero-order valence-electron chi connectivity index (χ0n) is 11.5. The molecule has 1 nitrogen and oxygen atoms in total. The molecule has 1 aliphatic rings. The van der Waals surface area contributed by atoms with E-state index in [0.29, 0.717) is 5.92 Å². The van der Waals surface area contributed by atoms with Crippen LogP contribution < -0.4 is 5.73 Å². The van der Waals surface area contributed by atoms with Gasteiger partial charge in [0.2, 0.25) is 0 Å². The zero-order chi connectivity index (χ0) is 13.2. The molecule has 1 fully saturated rings. The molecule has 0 heterocycles. The lowest BCUT2D eigenvalue weighted by Gasteiger charge is -2.41. The summed E-state index contributed by atoms with van der Waals surface area (Å²) in [5.74, 6) is 0.585. The summed E-state index contributed by atoms with van der Waals surface area (Å²) >= 11 is 6.48. The maximum atomic E-state index is 6.48. The van der Waals surface area contributed by atoms with Crippen molar-refractivity contribution in [2.45, 2.75) is 57.3 Å². The van der Waals surface area contributed by atoms with Gasteiger partial charge >= 0.3 is 0 Å². The Labute approximate surface area is 116 Å². The first kappa shape index (κ1) is 13.9. The first-order chi connectivity index (χ1) is 8.66. The summed E-state index contributed by atoms with van der Waals surface area (Å²) in [7, 11) is 0. The van der Waals surface area contributed by atoms with Crippen LogP contribution in [0, 0.1) is 0 Å². The van der Waals surface area contributed by atoms with Gasteiger partial charge in [0.1, 0.15) is 0 Å². The predicted octanol–water partition coefficient (Wildman–Crippen LogP) is 4.62. The van der Waals surface area contributed by atoms with Crippen molar-refractivity contribution in [3.05, 3.63) is 34.3 Å². The third-order valence-electron chi connectivity index (χ3n) is 4.74. The number of nitrogens with two attached hydrogens (primary N) is 1. The molecule has 2 heteroatoms. The van der Waals surface area contributed by atoms with Gasteiger partial charge < -0.3 is 5.73 Å². The SMILES string of the molecule is CCC(CC)c1ccc(C2(CN)CCC2)cc1Cl. The van der Waals surface area contributed by atoms with Crippen molar-refractivity contribution < 1.29 is 0 Å². The molecule has 1 aromatic carbocycles. The van der Waals surface area contributed by atoms with Crippen LogP contribution in [-0.2, 0) is 5.41 Å². The normalized spacial score (nSPS) is 17.8. The predicted molar refractivity (Wildman–Crippen MR) is 79.4 cm³/mol. The van der Waals surface area contributed by atoms with Gasteiger partial charge in [0.25, 0.3) is 0 Å². The minimum Gasteiger partial charge on any atom is -0.330 e. The van der Waals surface area contributed by atoms with E-state index in [1.807, 2.05) is 0 Å². The van der Waals surface area contributed by atoms with Gasteiger partial charge in [-0.3, -0.25) is 0 Å². The zero-order valence-corrected chi connectivity index (χ0v) is 12.3. The van der Waals surface area contributed by atoms with Crippen molar-refractivity contribution in [3.63, 3.8) is 0 Å². The van der Waals surface area contributed by atoms with Crippen LogP contribution in [0.25, 0.3) is 0 Å². The molecule has 0 atom stereocenters. The fraction of sp³-hybridized carbons (Fsp3) is 0.625. The lowest BCUT2D eigenvalue weighted by Crippen LogP contribution is -2.41. The van der Waals surface area contributed by atoms with Crippen molar-refractivity contribution in [3.8, 4) is 0 Å². The summed E-state index contributed by atoms with van der Waals surface area (Å²) in [5, 5.41) is 0.931. The largest absolute Gasteiger partial charge is 0.330 e. The molecule has 2 rings (SSSR count). The lowest BCUT2D eigenvalue weighted by molar-refractivity contribution is 0.253. The Balaban J connectivity index is 2.30. The van der Waals surface area contributed by atoms with Gasteiger partial charge in [-0.15, -0.1) is 0 Å². The second-order valence-electron chi connectivity index (χ2n) is 5.59. The minimum absolute atomic E-state index is 0.218. The van der Waals surface area contributed by atoms with Crippen molar-refractivity contribution in [2.75, 3.05) is 6.54 Å². The van der Waals surface area contributed by atoms with Crippen LogP contribution in [0.5, 0.6) is 0 Å². The van der Waals surface area contributed by atoms with E-state index in [4.69, 9.17) is 17.3 Å². The summed E-state index contributed by atoms with van der Waals surface area (Å²) in [6, 6.07) is 6.65. The minimum atomic E-state index is 0.218. The highest BCUT2D eigenvalue weighted by molar-refractivity contribution is 6.31. The second-order valence-corrected chi connectivity index (χ2v) is 5.99. The average Bonchev–Trinajstić information content (AvgIpc) is 2.32. The fourth-order valence-electron chi connectivity index (χ4n) is 3.13. The van der Waals surface area contributed by atoms with Crippen LogP contribution in [0.1, 0.15) is 63.0 Å². The summed E-state index contributed by atoms with van der Waals surface area (Å²) in [5.41, 5.74) is 8.82. The van der Waals surface area contributed by atoms with Gasteiger partial charge in [-0.25, -0.2) is 0 Å². The Morgan fingerprint density at radius 1 is 1.28 bits per heavy atom. The number of hydrogen-bond donors (Lipinski definition) is 1. The second kappa shape index (κ2) is 5.63. The molecule has 0 aliphatic heterocycles. The van der Waals surface area contributed by atoms with Crippen LogP contribution in [0.4, 0.5) is 0 Å². The maximum Gasteiger partial charge on any atom is 0.0443 e. The van der Waals surface area contributed by atoms with E-state index >= 15 is 0 Å². The Hall–Kier alpha value is -0.530. The number of rotatable bonds is 5. The lowest BCUT2D eigenvalue weighted by atomic mass is 9.64. The summed E-state index contributed by atoms with van der Waals surface area (Å²) < 4.78 is 0. The van der Waals surface area contributed by atoms with Crippen molar-refractivity contribution >= 4 is 11.6 Å². The Bertz CT molecular complexity index is 400. The Kier molecular flexibility index (Phi) is 4.34. The maximum absolute atomic E-state index is 6.48. The van der Waals surface area contributed by atoms with E-state index in [9.17, 15) is 0 Å². The Morgan fingerprint density at radius 3 is 2.33 bits per heavy atom. The molecule has 0 saturated heterocycles. The van der Waals surface area contributed by atoms with Gasteiger partial charge in [-0.05, 0) is 48.8 Å². The third-order valence-corrected chi connectivity index (χ3v) is 5.07. The molecule has 100 valence electrons. The fourth-order valence-corrected chi connectivity index (χ4v) is 3.47. The quantitative estimate of drug-likeness (QED) is 0.826. The van der Waals surface area contributed by atoms with E-state index in [1.54, 1.807) is 0 Å². The van der Waals surface area contributed by atoms with Crippen LogP contribution in [0.2, 0.25) is 5.02 Å². The van der Waals surface area contributed by atoms with Crippen LogP contribution >= 0.6 is 11.6 Å². The van der Waals surface area contributed by atoms with E-state index in [2.05, 4.69) is 32.0 Å². The molecule has 0 amide bonds. The highest BCUT2D eigenvalue weighted by atomic mass is 35.5. The Morgan fingerprint density at radius 2 is 1.94 bits per heavy atom. The number of hydrogen-bond acceptors (Lipinski definition) is 1. The molecular weight excluding hydrogens is 242 g/mol. The third kappa shape index (κ3) is 2.31. The highest BCUT2D eigenvalue weighted by Crippen LogP contribution is 2.44. The summed E-state index contributed by atoms with van der Waals surface area (Å²) in [6.45, 7) is 5.20.